The lowest BCUT2D eigenvalue weighted by Gasteiger charge is -2.33. The van der Waals surface area contributed by atoms with Crippen molar-refractivity contribution in [2.45, 2.75) is 31.8 Å². The van der Waals surface area contributed by atoms with E-state index in [2.05, 4.69) is 53.6 Å². The first-order chi connectivity index (χ1) is 14.7. The number of β-amino-alcohol motifs (C(OH)–C–C–N with tert-alkyl or cyclic N) is 1. The van der Waals surface area contributed by atoms with Crippen molar-refractivity contribution < 1.29 is 9.84 Å². The Balaban J connectivity index is 1.15. The first-order valence-corrected chi connectivity index (χ1v) is 12.4. The van der Waals surface area contributed by atoms with Crippen LogP contribution in [0.3, 0.4) is 0 Å². The van der Waals surface area contributed by atoms with Crippen LogP contribution in [0.2, 0.25) is 0 Å². The van der Waals surface area contributed by atoms with Gasteiger partial charge < -0.3 is 14.7 Å². The largest absolute Gasteiger partial charge is 0.490 e. The fraction of sp³-hybridized carbons (Fsp3) is 0.360. The Kier molecular flexibility index (Phi) is 5.79. The van der Waals surface area contributed by atoms with Crippen LogP contribution in [0.5, 0.6) is 5.75 Å². The molecule has 1 atom stereocenters. The number of thiophene rings is 2. The molecule has 0 radical (unpaired) electrons. The van der Waals surface area contributed by atoms with Crippen LogP contribution in [0, 0.1) is 6.92 Å². The molecule has 0 bridgehead atoms. The Morgan fingerprint density at radius 1 is 1.03 bits per heavy atom. The predicted octanol–water partition coefficient (Wildman–Crippen LogP) is 6.04. The van der Waals surface area contributed by atoms with E-state index in [1.54, 1.807) is 16.2 Å². The van der Waals surface area contributed by atoms with Crippen molar-refractivity contribution in [2.24, 2.45) is 0 Å². The van der Waals surface area contributed by atoms with Crippen molar-refractivity contribution in [3.05, 3.63) is 64.4 Å². The van der Waals surface area contributed by atoms with Crippen LogP contribution in [0.15, 0.2) is 53.9 Å². The minimum atomic E-state index is -0.471. The monoisotopic (exact) mass is 437 g/mol. The van der Waals surface area contributed by atoms with Crippen LogP contribution >= 0.6 is 22.7 Å². The number of aliphatic hydroxyl groups is 1. The highest BCUT2D eigenvalue weighted by atomic mass is 32.1. The summed E-state index contributed by atoms with van der Waals surface area (Å²) < 4.78 is 8.58. The smallest absolute Gasteiger partial charge is 0.128 e. The van der Waals surface area contributed by atoms with Gasteiger partial charge >= 0.3 is 0 Å². The number of ether oxygens (including phenoxy) is 1. The highest BCUT2D eigenvalue weighted by Crippen LogP contribution is 2.39. The average molecular weight is 438 g/mol. The van der Waals surface area contributed by atoms with Gasteiger partial charge in [0.2, 0.25) is 0 Å². The molecule has 1 N–H and O–H groups in total. The summed E-state index contributed by atoms with van der Waals surface area (Å²) in [5.74, 6) is 1.51. The van der Waals surface area contributed by atoms with Gasteiger partial charge in [-0.15, -0.1) is 22.7 Å². The molecular formula is C25H27NO2S2. The Bertz CT molecular complexity index is 1140. The number of fused-ring (bicyclic) bond motifs is 2. The Morgan fingerprint density at radius 3 is 2.67 bits per heavy atom. The summed E-state index contributed by atoms with van der Waals surface area (Å²) in [6.07, 6.45) is 1.85. The van der Waals surface area contributed by atoms with Crippen LogP contribution in [-0.2, 0) is 0 Å². The molecular weight excluding hydrogens is 410 g/mol. The normalized spacial score (nSPS) is 17.0. The molecule has 2 aromatic carbocycles. The quantitative estimate of drug-likeness (QED) is 0.399. The molecule has 0 amide bonds. The molecule has 1 aliphatic rings. The minimum absolute atomic E-state index is 0.338. The standard InChI is InChI=1S/C25H27NO2S2/c1-17-20-5-2-3-7-24(20)30-25(17)18-9-12-26(13-10-18)15-19(27)16-28-22-6-4-8-23-21(22)11-14-29-23/h2-8,11,14,18-19,27H,9-10,12-13,15-16H2,1H3/t19-/m0/s1. The summed E-state index contributed by atoms with van der Waals surface area (Å²) >= 11 is 3.68. The number of aliphatic hydroxyl groups excluding tert-OH is 1. The van der Waals surface area contributed by atoms with Gasteiger partial charge in [-0.1, -0.05) is 24.3 Å². The maximum Gasteiger partial charge on any atom is 0.128 e. The molecule has 1 fully saturated rings. The second-order valence-corrected chi connectivity index (χ2v) is 10.2. The van der Waals surface area contributed by atoms with Crippen LogP contribution < -0.4 is 4.74 Å². The van der Waals surface area contributed by atoms with Crippen LogP contribution in [0.25, 0.3) is 20.2 Å². The van der Waals surface area contributed by atoms with Gasteiger partial charge in [0, 0.05) is 26.2 Å². The maximum atomic E-state index is 10.5. The fourth-order valence-corrected chi connectivity index (χ4v) is 6.77. The van der Waals surface area contributed by atoms with Gasteiger partial charge in [-0.05, 0) is 79.4 Å². The van der Waals surface area contributed by atoms with E-state index in [1.807, 2.05) is 23.5 Å². The first kappa shape index (κ1) is 20.0. The van der Waals surface area contributed by atoms with Crippen LogP contribution in [0.4, 0.5) is 0 Å². The third-order valence-corrected chi connectivity index (χ3v) is 8.51. The lowest BCUT2D eigenvalue weighted by molar-refractivity contribution is 0.0600. The number of rotatable bonds is 6. The summed E-state index contributed by atoms with van der Waals surface area (Å²) in [6.45, 7) is 5.36. The molecule has 3 nitrogen and oxygen atoms in total. The SMILES string of the molecule is Cc1c(C2CCN(C[C@H](O)COc3cccc4sccc34)CC2)sc2ccccc12. The summed E-state index contributed by atoms with van der Waals surface area (Å²) in [7, 11) is 0. The molecule has 2 aromatic heterocycles. The van der Waals surface area contributed by atoms with E-state index in [4.69, 9.17) is 4.74 Å². The highest BCUT2D eigenvalue weighted by molar-refractivity contribution is 7.19. The number of benzene rings is 2. The molecule has 1 aliphatic heterocycles. The molecule has 5 rings (SSSR count). The molecule has 3 heterocycles. The molecule has 156 valence electrons. The second-order valence-electron chi connectivity index (χ2n) is 8.22. The second kappa shape index (κ2) is 8.67. The van der Waals surface area contributed by atoms with Gasteiger partial charge in [-0.2, -0.15) is 0 Å². The topological polar surface area (TPSA) is 32.7 Å². The van der Waals surface area contributed by atoms with Crippen LogP contribution in [0.1, 0.15) is 29.2 Å². The summed E-state index contributed by atoms with van der Waals surface area (Å²) in [5.41, 5.74) is 1.46. The number of likely N-dealkylation sites (tertiary alicyclic amines) is 1. The van der Waals surface area contributed by atoms with Gasteiger partial charge in [-0.3, -0.25) is 0 Å². The van der Waals surface area contributed by atoms with E-state index in [9.17, 15) is 5.11 Å². The molecule has 0 unspecified atom stereocenters. The third-order valence-electron chi connectivity index (χ3n) is 6.19. The summed E-state index contributed by atoms with van der Waals surface area (Å²) in [5, 5.41) is 15.2. The zero-order valence-corrected chi connectivity index (χ0v) is 18.8. The lowest BCUT2D eigenvalue weighted by atomic mass is 9.92. The first-order valence-electron chi connectivity index (χ1n) is 10.7. The Hall–Kier alpha value is -1.92. The number of aryl methyl sites for hydroxylation is 1. The lowest BCUT2D eigenvalue weighted by Crippen LogP contribution is -2.40. The van der Waals surface area contributed by atoms with Crippen molar-refractivity contribution in [3.63, 3.8) is 0 Å². The van der Waals surface area contributed by atoms with Crippen molar-refractivity contribution in [1.29, 1.82) is 0 Å². The molecule has 4 aromatic rings. The molecule has 0 spiro atoms. The molecule has 0 aliphatic carbocycles. The van der Waals surface area contributed by atoms with E-state index in [0.29, 0.717) is 19.1 Å². The zero-order valence-electron chi connectivity index (χ0n) is 17.2. The van der Waals surface area contributed by atoms with E-state index < -0.39 is 6.10 Å². The number of nitrogens with zero attached hydrogens (tertiary/aromatic N) is 1. The van der Waals surface area contributed by atoms with Crippen molar-refractivity contribution >= 4 is 42.8 Å². The number of piperidine rings is 1. The average Bonchev–Trinajstić information content (AvgIpc) is 3.38. The van der Waals surface area contributed by atoms with Crippen molar-refractivity contribution in [1.82, 2.24) is 4.90 Å². The fourth-order valence-electron chi connectivity index (χ4n) is 4.59. The van der Waals surface area contributed by atoms with Crippen LogP contribution in [-0.4, -0.2) is 42.4 Å². The van der Waals surface area contributed by atoms with Gasteiger partial charge in [0.05, 0.1) is 0 Å². The van der Waals surface area contributed by atoms with E-state index in [0.717, 1.165) is 37.1 Å². The van der Waals surface area contributed by atoms with E-state index in [1.165, 1.54) is 20.3 Å². The molecule has 5 heteroatoms. The zero-order chi connectivity index (χ0) is 20.5. The predicted molar refractivity (Wildman–Crippen MR) is 128 cm³/mol. The minimum Gasteiger partial charge on any atom is -0.490 e. The van der Waals surface area contributed by atoms with Gasteiger partial charge in [-0.25, -0.2) is 0 Å². The van der Waals surface area contributed by atoms with Gasteiger partial charge in [0.1, 0.15) is 18.5 Å². The number of hydrogen-bond donors (Lipinski definition) is 1. The van der Waals surface area contributed by atoms with E-state index >= 15 is 0 Å². The Morgan fingerprint density at radius 2 is 1.83 bits per heavy atom. The van der Waals surface area contributed by atoms with Gasteiger partial charge in [0.25, 0.3) is 0 Å². The highest BCUT2D eigenvalue weighted by Gasteiger charge is 2.25. The molecule has 1 saturated heterocycles. The van der Waals surface area contributed by atoms with Crippen molar-refractivity contribution in [3.8, 4) is 5.75 Å². The van der Waals surface area contributed by atoms with E-state index in [-0.39, 0.29) is 0 Å². The third kappa shape index (κ3) is 4.00. The maximum absolute atomic E-state index is 10.5. The van der Waals surface area contributed by atoms with Gasteiger partial charge in [0.15, 0.2) is 0 Å². The summed E-state index contributed by atoms with van der Waals surface area (Å²) in [4.78, 5) is 3.95. The number of hydrogen-bond acceptors (Lipinski definition) is 5. The Labute approximate surface area is 185 Å². The molecule has 30 heavy (non-hydrogen) atoms. The molecule has 0 saturated carbocycles. The summed E-state index contributed by atoms with van der Waals surface area (Å²) in [6, 6.07) is 16.9. The van der Waals surface area contributed by atoms with Crippen molar-refractivity contribution in [2.75, 3.05) is 26.2 Å².